The van der Waals surface area contributed by atoms with E-state index in [0.717, 1.165) is 16.7 Å². The molecule has 0 aromatic heterocycles. The van der Waals surface area contributed by atoms with Crippen LogP contribution in [-0.2, 0) is 41.6 Å². The van der Waals surface area contributed by atoms with Crippen molar-refractivity contribution in [3.8, 4) is 0 Å². The summed E-state index contributed by atoms with van der Waals surface area (Å²) in [6, 6.07) is 29.5. The van der Waals surface area contributed by atoms with Crippen molar-refractivity contribution in [1.29, 1.82) is 0 Å². The van der Waals surface area contributed by atoms with Crippen LogP contribution in [0.15, 0.2) is 91.0 Å². The Morgan fingerprint density at radius 1 is 0.769 bits per heavy atom. The summed E-state index contributed by atoms with van der Waals surface area (Å²) in [4.78, 5) is 0. The highest BCUT2D eigenvalue weighted by atomic mass is 16.8. The Kier molecular flexibility index (Phi) is 9.39. The lowest BCUT2D eigenvalue weighted by Crippen LogP contribution is -2.64. The highest BCUT2D eigenvalue weighted by Crippen LogP contribution is 2.37. The maximum Gasteiger partial charge on any atom is 0.187 e. The molecular weight excluding hydrogens is 500 g/mol. The van der Waals surface area contributed by atoms with Crippen molar-refractivity contribution in [3.63, 3.8) is 0 Å². The van der Waals surface area contributed by atoms with Gasteiger partial charge in [0, 0.05) is 5.56 Å². The van der Waals surface area contributed by atoms with Gasteiger partial charge in [0.2, 0.25) is 0 Å². The SMILES string of the molecule is C[C@@](O)(CO)CO[C@@H]1O[C@@H]2CO[C@H](c3ccccc3)O[C@@H]2[C@H](OCc2ccccc2)[C@H]1OCc1ccccc1. The van der Waals surface area contributed by atoms with Crippen LogP contribution in [0.2, 0.25) is 0 Å². The molecule has 5 rings (SSSR count). The summed E-state index contributed by atoms with van der Waals surface area (Å²) < 4.78 is 37.8. The number of fused-ring (bicyclic) bond motifs is 1. The van der Waals surface area contributed by atoms with Crippen LogP contribution >= 0.6 is 0 Å². The van der Waals surface area contributed by atoms with Crippen LogP contribution in [0.25, 0.3) is 0 Å². The molecule has 2 heterocycles. The molecule has 2 saturated heterocycles. The molecule has 2 aliphatic heterocycles. The van der Waals surface area contributed by atoms with Crippen molar-refractivity contribution in [2.24, 2.45) is 0 Å². The zero-order valence-corrected chi connectivity index (χ0v) is 22.0. The van der Waals surface area contributed by atoms with E-state index < -0.39 is 49.2 Å². The second-order valence-electron chi connectivity index (χ2n) is 10.2. The van der Waals surface area contributed by atoms with Gasteiger partial charge in [0.15, 0.2) is 12.6 Å². The average molecular weight is 537 g/mol. The second kappa shape index (κ2) is 13.1. The van der Waals surface area contributed by atoms with Crippen LogP contribution in [0.1, 0.15) is 29.9 Å². The van der Waals surface area contributed by atoms with E-state index in [1.807, 2.05) is 91.0 Å². The fraction of sp³-hybridized carbons (Fsp3) is 0.419. The number of ether oxygens (including phenoxy) is 6. The van der Waals surface area contributed by atoms with Crippen molar-refractivity contribution in [3.05, 3.63) is 108 Å². The first kappa shape index (κ1) is 27.9. The molecular formula is C31H36O8. The lowest BCUT2D eigenvalue weighted by atomic mass is 9.97. The van der Waals surface area contributed by atoms with Gasteiger partial charge in [0.05, 0.1) is 33.0 Å². The highest BCUT2D eigenvalue weighted by molar-refractivity contribution is 5.17. The topological polar surface area (TPSA) is 95.8 Å². The fourth-order valence-electron chi connectivity index (χ4n) is 4.67. The maximum atomic E-state index is 10.4. The van der Waals surface area contributed by atoms with Crippen molar-refractivity contribution < 1.29 is 38.6 Å². The standard InChI is InChI=1S/C31H36O8/c1-31(33,20-32)21-37-30-28(35-18-23-13-7-3-8-14-23)27(34-17-22-11-5-2-6-12-22)26-25(38-30)19-36-29(39-26)24-15-9-4-10-16-24/h2-16,25-30,32-33H,17-21H2,1H3/t25-,26+,27+,28-,29+,30-,31-/m1/s1. The predicted molar refractivity (Wildman–Crippen MR) is 142 cm³/mol. The van der Waals surface area contributed by atoms with Gasteiger partial charge in [-0.05, 0) is 18.1 Å². The molecule has 0 spiro atoms. The Labute approximate surface area is 229 Å². The minimum Gasteiger partial charge on any atom is -0.393 e. The smallest absolute Gasteiger partial charge is 0.187 e. The first-order valence-electron chi connectivity index (χ1n) is 13.3. The van der Waals surface area contributed by atoms with Gasteiger partial charge in [-0.3, -0.25) is 0 Å². The predicted octanol–water partition coefficient (Wildman–Crippen LogP) is 3.76. The Morgan fingerprint density at radius 3 is 1.92 bits per heavy atom. The molecule has 39 heavy (non-hydrogen) atoms. The van der Waals surface area contributed by atoms with Gasteiger partial charge in [-0.25, -0.2) is 0 Å². The van der Waals surface area contributed by atoms with E-state index in [9.17, 15) is 10.2 Å². The summed E-state index contributed by atoms with van der Waals surface area (Å²) in [5, 5.41) is 20.0. The quantitative estimate of drug-likeness (QED) is 0.383. The normalized spacial score (nSPS) is 28.4. The molecule has 0 saturated carbocycles. The van der Waals surface area contributed by atoms with E-state index in [2.05, 4.69) is 0 Å². The third-order valence-corrected chi connectivity index (χ3v) is 6.83. The van der Waals surface area contributed by atoms with Gasteiger partial charge < -0.3 is 38.6 Å². The van der Waals surface area contributed by atoms with Gasteiger partial charge in [-0.1, -0.05) is 91.0 Å². The lowest BCUT2D eigenvalue weighted by molar-refractivity contribution is -0.375. The Hall–Kier alpha value is -2.66. The van der Waals surface area contributed by atoms with Gasteiger partial charge in [0.1, 0.15) is 30.0 Å². The molecule has 0 bridgehead atoms. The summed E-state index contributed by atoms with van der Waals surface area (Å²) >= 11 is 0. The van der Waals surface area contributed by atoms with Crippen LogP contribution < -0.4 is 0 Å². The molecule has 0 unspecified atom stereocenters. The van der Waals surface area contributed by atoms with Gasteiger partial charge in [0.25, 0.3) is 0 Å². The van der Waals surface area contributed by atoms with Crippen LogP contribution in [0.4, 0.5) is 0 Å². The van der Waals surface area contributed by atoms with Crippen LogP contribution in [0.5, 0.6) is 0 Å². The van der Waals surface area contributed by atoms with E-state index in [4.69, 9.17) is 28.4 Å². The monoisotopic (exact) mass is 536 g/mol. The Morgan fingerprint density at radius 2 is 1.33 bits per heavy atom. The molecule has 3 aromatic carbocycles. The summed E-state index contributed by atoms with van der Waals surface area (Å²) in [5.41, 5.74) is 1.45. The molecule has 3 aromatic rings. The molecule has 208 valence electrons. The van der Waals surface area contributed by atoms with Crippen LogP contribution in [-0.4, -0.2) is 66.3 Å². The largest absolute Gasteiger partial charge is 0.393 e. The number of aliphatic hydroxyl groups excluding tert-OH is 1. The summed E-state index contributed by atoms with van der Waals surface area (Å²) in [6.45, 7) is 1.78. The molecule has 8 heteroatoms. The number of benzene rings is 3. The van der Waals surface area contributed by atoms with Crippen LogP contribution in [0, 0.1) is 0 Å². The van der Waals surface area contributed by atoms with E-state index in [0.29, 0.717) is 13.2 Å². The van der Waals surface area contributed by atoms with E-state index in [-0.39, 0.29) is 13.2 Å². The molecule has 2 fully saturated rings. The minimum atomic E-state index is -1.44. The zero-order chi connectivity index (χ0) is 27.1. The molecule has 0 aliphatic carbocycles. The average Bonchev–Trinajstić information content (AvgIpc) is 2.99. The molecule has 0 radical (unpaired) electrons. The van der Waals surface area contributed by atoms with Crippen molar-refractivity contribution >= 4 is 0 Å². The molecule has 7 atom stereocenters. The third kappa shape index (κ3) is 7.30. The number of hydrogen-bond donors (Lipinski definition) is 2. The number of aliphatic hydroxyl groups is 2. The van der Waals surface area contributed by atoms with Gasteiger partial charge >= 0.3 is 0 Å². The Balaban J connectivity index is 1.42. The first-order valence-corrected chi connectivity index (χ1v) is 13.3. The first-order chi connectivity index (χ1) is 19.0. The van der Waals surface area contributed by atoms with Crippen molar-refractivity contribution in [2.45, 2.75) is 62.7 Å². The fourth-order valence-corrected chi connectivity index (χ4v) is 4.67. The van der Waals surface area contributed by atoms with Gasteiger partial charge in [-0.15, -0.1) is 0 Å². The minimum absolute atomic E-state index is 0.156. The van der Waals surface area contributed by atoms with Crippen LogP contribution in [0.3, 0.4) is 0 Å². The van der Waals surface area contributed by atoms with Crippen molar-refractivity contribution in [1.82, 2.24) is 0 Å². The van der Waals surface area contributed by atoms with E-state index in [1.54, 1.807) is 0 Å². The highest BCUT2D eigenvalue weighted by Gasteiger charge is 2.52. The zero-order valence-electron chi connectivity index (χ0n) is 22.0. The molecule has 8 nitrogen and oxygen atoms in total. The third-order valence-electron chi connectivity index (χ3n) is 6.83. The molecule has 2 aliphatic rings. The summed E-state index contributed by atoms with van der Waals surface area (Å²) in [5.74, 6) is 0. The van der Waals surface area contributed by atoms with E-state index >= 15 is 0 Å². The Bertz CT molecular complexity index is 1130. The second-order valence-corrected chi connectivity index (χ2v) is 10.2. The van der Waals surface area contributed by atoms with Gasteiger partial charge in [-0.2, -0.15) is 0 Å². The van der Waals surface area contributed by atoms with E-state index in [1.165, 1.54) is 6.92 Å². The maximum absolute atomic E-state index is 10.4. The molecule has 2 N–H and O–H groups in total. The van der Waals surface area contributed by atoms with Crippen molar-refractivity contribution in [2.75, 3.05) is 19.8 Å². The summed E-state index contributed by atoms with van der Waals surface area (Å²) in [6.07, 6.45) is -3.75. The number of rotatable bonds is 11. The number of hydrogen-bond acceptors (Lipinski definition) is 8. The lowest BCUT2D eigenvalue weighted by Gasteiger charge is -2.49. The summed E-state index contributed by atoms with van der Waals surface area (Å²) in [7, 11) is 0. The molecule has 0 amide bonds.